The van der Waals surface area contributed by atoms with Gasteiger partial charge in [-0.25, -0.2) is 0 Å². The van der Waals surface area contributed by atoms with Crippen LogP contribution in [0.25, 0.3) is 0 Å². The molecule has 0 bridgehead atoms. The van der Waals surface area contributed by atoms with Gasteiger partial charge >= 0.3 is 0 Å². The number of unbranched alkanes of at least 4 members (excludes halogenated alkanes) is 2. The highest BCUT2D eigenvalue weighted by Gasteiger charge is 2.10. The summed E-state index contributed by atoms with van der Waals surface area (Å²) in [6, 6.07) is 0. The summed E-state index contributed by atoms with van der Waals surface area (Å²) in [6.45, 7) is 5.09. The first-order valence-electron chi connectivity index (χ1n) is 7.24. The molecule has 0 aromatic carbocycles. The highest BCUT2D eigenvalue weighted by molar-refractivity contribution is 8.03. The second-order valence-corrected chi connectivity index (χ2v) is 6.15. The summed E-state index contributed by atoms with van der Waals surface area (Å²) < 4.78 is 0. The van der Waals surface area contributed by atoms with Gasteiger partial charge in [-0.3, -0.25) is 0 Å². The summed E-state index contributed by atoms with van der Waals surface area (Å²) in [5.41, 5.74) is 7.39. The quantitative estimate of drug-likeness (QED) is 0.569. The van der Waals surface area contributed by atoms with Crippen LogP contribution in [0.4, 0.5) is 0 Å². The number of thioether (sulfide) groups is 1. The normalized spacial score (nSPS) is 17.9. The molecule has 1 aliphatic carbocycles. The maximum atomic E-state index is 7.90. The molecule has 19 heavy (non-hydrogen) atoms. The Morgan fingerprint density at radius 2 is 2.21 bits per heavy atom. The van der Waals surface area contributed by atoms with E-state index >= 15 is 0 Å². The molecule has 0 atom stereocenters. The Bertz CT molecular complexity index is 334. The molecule has 0 unspecified atom stereocenters. The third-order valence-electron chi connectivity index (χ3n) is 3.25. The van der Waals surface area contributed by atoms with Crippen molar-refractivity contribution >= 4 is 17.5 Å². The smallest absolute Gasteiger partial charge is 0.0576 e. The Hall–Kier alpha value is -0.580. The minimum atomic E-state index is 0.700. The first-order valence-corrected chi connectivity index (χ1v) is 8.23. The molecule has 0 amide bonds. The van der Waals surface area contributed by atoms with Gasteiger partial charge in [0, 0.05) is 12.3 Å². The third-order valence-corrected chi connectivity index (χ3v) is 4.34. The molecule has 0 saturated heterocycles. The van der Waals surface area contributed by atoms with E-state index in [1.54, 1.807) is 0 Å². The largest absolute Gasteiger partial charge is 0.330 e. The zero-order valence-corrected chi connectivity index (χ0v) is 12.8. The Labute approximate surface area is 121 Å². The van der Waals surface area contributed by atoms with Crippen molar-refractivity contribution in [3.63, 3.8) is 0 Å². The average molecular weight is 281 g/mol. The second-order valence-electron chi connectivity index (χ2n) is 4.84. The molecule has 108 valence electrons. The maximum absolute atomic E-state index is 7.90. The van der Waals surface area contributed by atoms with Crippen molar-refractivity contribution in [3.05, 3.63) is 22.6 Å². The molecule has 1 rings (SSSR count). The summed E-state index contributed by atoms with van der Waals surface area (Å²) in [6.07, 6.45) is 9.71. The summed E-state index contributed by atoms with van der Waals surface area (Å²) in [4.78, 5) is 1.32. The summed E-state index contributed by atoms with van der Waals surface area (Å²) in [5, 5.41) is 11.4. The van der Waals surface area contributed by atoms with Crippen molar-refractivity contribution in [2.24, 2.45) is 5.73 Å². The van der Waals surface area contributed by atoms with Gasteiger partial charge in [0.25, 0.3) is 0 Å². The Morgan fingerprint density at radius 1 is 1.37 bits per heavy atom. The predicted molar refractivity (Wildman–Crippen MR) is 87.0 cm³/mol. The standard InChI is InChI=1S/C15H27N3S/c1-13(14-7-3-4-8-15(14)17)19-12-11-18-10-6-2-5-9-16/h4,8,17-18H,2-3,5-7,9-12,16H2,1H3/b14-13+,17-15?. The van der Waals surface area contributed by atoms with Crippen molar-refractivity contribution < 1.29 is 0 Å². The van der Waals surface area contributed by atoms with Crippen molar-refractivity contribution in [1.82, 2.24) is 5.32 Å². The van der Waals surface area contributed by atoms with E-state index in [1.807, 2.05) is 17.8 Å². The van der Waals surface area contributed by atoms with Crippen LogP contribution in [0.1, 0.15) is 39.0 Å². The van der Waals surface area contributed by atoms with Crippen LogP contribution >= 0.6 is 11.8 Å². The third kappa shape index (κ3) is 6.95. The lowest BCUT2D eigenvalue weighted by Gasteiger charge is -2.14. The highest BCUT2D eigenvalue weighted by atomic mass is 32.2. The van der Waals surface area contributed by atoms with Gasteiger partial charge in [-0.2, -0.15) is 0 Å². The summed E-state index contributed by atoms with van der Waals surface area (Å²) >= 11 is 1.88. The van der Waals surface area contributed by atoms with Crippen LogP contribution in [-0.2, 0) is 0 Å². The molecule has 0 fully saturated rings. The molecular weight excluding hydrogens is 254 g/mol. The van der Waals surface area contributed by atoms with E-state index in [4.69, 9.17) is 11.1 Å². The van der Waals surface area contributed by atoms with Crippen molar-refractivity contribution in [1.29, 1.82) is 5.41 Å². The molecule has 0 radical (unpaired) electrons. The van der Waals surface area contributed by atoms with Gasteiger partial charge in [-0.05, 0) is 62.3 Å². The van der Waals surface area contributed by atoms with E-state index < -0.39 is 0 Å². The average Bonchev–Trinajstić information content (AvgIpc) is 2.42. The first kappa shape index (κ1) is 16.5. The van der Waals surface area contributed by atoms with Crippen LogP contribution in [-0.4, -0.2) is 31.1 Å². The van der Waals surface area contributed by atoms with E-state index in [-0.39, 0.29) is 0 Å². The molecule has 0 spiro atoms. The fourth-order valence-electron chi connectivity index (χ4n) is 2.09. The number of hydrogen-bond acceptors (Lipinski definition) is 4. The van der Waals surface area contributed by atoms with E-state index in [0.717, 1.165) is 44.6 Å². The van der Waals surface area contributed by atoms with Gasteiger partial charge in [0.05, 0.1) is 5.71 Å². The van der Waals surface area contributed by atoms with E-state index in [9.17, 15) is 0 Å². The fraction of sp³-hybridized carbons (Fsp3) is 0.667. The predicted octanol–water partition coefficient (Wildman–Crippen LogP) is 3.08. The zero-order chi connectivity index (χ0) is 13.9. The Balaban J connectivity index is 2.10. The topological polar surface area (TPSA) is 61.9 Å². The van der Waals surface area contributed by atoms with Gasteiger partial charge < -0.3 is 16.5 Å². The lowest BCUT2D eigenvalue weighted by Crippen LogP contribution is -2.18. The Kier molecular flexibility index (Phi) is 8.88. The molecular formula is C15H27N3S. The SMILES string of the molecule is C/C(SCCNCCCCCN)=C1/CCC=CC1=N. The van der Waals surface area contributed by atoms with Gasteiger partial charge in [0.1, 0.15) is 0 Å². The lowest BCUT2D eigenvalue weighted by atomic mass is 9.99. The highest BCUT2D eigenvalue weighted by Crippen LogP contribution is 2.25. The minimum absolute atomic E-state index is 0.700. The molecule has 0 aromatic heterocycles. The lowest BCUT2D eigenvalue weighted by molar-refractivity contribution is 0.623. The van der Waals surface area contributed by atoms with E-state index in [1.165, 1.54) is 23.3 Å². The van der Waals surface area contributed by atoms with Crippen LogP contribution in [0.15, 0.2) is 22.6 Å². The number of hydrogen-bond donors (Lipinski definition) is 3. The van der Waals surface area contributed by atoms with Crippen LogP contribution in [0, 0.1) is 5.41 Å². The van der Waals surface area contributed by atoms with Crippen LogP contribution in [0.5, 0.6) is 0 Å². The molecule has 0 aliphatic heterocycles. The monoisotopic (exact) mass is 281 g/mol. The zero-order valence-electron chi connectivity index (χ0n) is 12.0. The second kappa shape index (κ2) is 10.2. The molecule has 0 aromatic rings. The minimum Gasteiger partial charge on any atom is -0.330 e. The maximum Gasteiger partial charge on any atom is 0.0576 e. The summed E-state index contributed by atoms with van der Waals surface area (Å²) in [7, 11) is 0. The van der Waals surface area contributed by atoms with Crippen LogP contribution < -0.4 is 11.1 Å². The fourth-order valence-corrected chi connectivity index (χ4v) is 3.03. The molecule has 4 N–H and O–H groups in total. The molecule has 4 heteroatoms. The van der Waals surface area contributed by atoms with Gasteiger partial charge in [-0.15, -0.1) is 11.8 Å². The van der Waals surface area contributed by atoms with Crippen LogP contribution in [0.2, 0.25) is 0 Å². The molecule has 0 saturated carbocycles. The van der Waals surface area contributed by atoms with Crippen molar-refractivity contribution in [2.75, 3.05) is 25.4 Å². The van der Waals surface area contributed by atoms with E-state index in [0.29, 0.717) is 5.71 Å². The van der Waals surface area contributed by atoms with Crippen molar-refractivity contribution in [3.8, 4) is 0 Å². The van der Waals surface area contributed by atoms with Crippen molar-refractivity contribution in [2.45, 2.75) is 39.0 Å². The molecule has 0 heterocycles. The molecule has 1 aliphatic rings. The summed E-state index contributed by atoms with van der Waals surface area (Å²) in [5.74, 6) is 1.09. The van der Waals surface area contributed by atoms with Gasteiger partial charge in [0.15, 0.2) is 0 Å². The Morgan fingerprint density at radius 3 is 2.95 bits per heavy atom. The van der Waals surface area contributed by atoms with Gasteiger partial charge in [-0.1, -0.05) is 12.5 Å². The number of nitrogens with one attached hydrogen (secondary N) is 2. The van der Waals surface area contributed by atoms with Crippen LogP contribution in [0.3, 0.4) is 0 Å². The molecule has 3 nitrogen and oxygen atoms in total. The number of rotatable bonds is 9. The number of allylic oxidation sites excluding steroid dienone is 4. The van der Waals surface area contributed by atoms with E-state index in [2.05, 4.69) is 18.3 Å². The first-order chi connectivity index (χ1) is 9.25. The van der Waals surface area contributed by atoms with Gasteiger partial charge in [0.2, 0.25) is 0 Å². The number of nitrogens with two attached hydrogens (primary N) is 1.